The van der Waals surface area contributed by atoms with Gasteiger partial charge in [0.05, 0.1) is 14.2 Å². The minimum absolute atomic E-state index is 0.360. The lowest BCUT2D eigenvalue weighted by molar-refractivity contribution is -0.131. The van der Waals surface area contributed by atoms with Gasteiger partial charge in [-0.1, -0.05) is 5.16 Å². The smallest absolute Gasteiger partial charge is 0.308 e. The van der Waals surface area contributed by atoms with E-state index in [9.17, 15) is 4.79 Å². The third-order valence-electron chi connectivity index (χ3n) is 3.43. The third kappa shape index (κ3) is 3.60. The molecule has 0 fully saturated rings. The van der Waals surface area contributed by atoms with Gasteiger partial charge in [0.2, 0.25) is 5.82 Å². The maximum absolute atomic E-state index is 10.9. The van der Waals surface area contributed by atoms with Crippen LogP contribution in [0.15, 0.2) is 47.0 Å². The van der Waals surface area contributed by atoms with E-state index in [1.54, 1.807) is 50.6 Å². The van der Waals surface area contributed by atoms with Crippen molar-refractivity contribution >= 4 is 5.97 Å². The van der Waals surface area contributed by atoms with Crippen LogP contribution in [0.4, 0.5) is 0 Å². The molecule has 0 saturated heterocycles. The number of hydrogen-bond acceptors (Lipinski definition) is 7. The van der Waals surface area contributed by atoms with Gasteiger partial charge in [0.25, 0.3) is 5.89 Å². The average Bonchev–Trinajstić information content (AvgIpc) is 3.11. The van der Waals surface area contributed by atoms with Gasteiger partial charge in [0, 0.05) is 18.1 Å². The number of carbonyl (C=O) groups is 1. The molecule has 3 rings (SSSR count). The van der Waals surface area contributed by atoms with E-state index in [4.69, 9.17) is 18.7 Å². The zero-order valence-electron chi connectivity index (χ0n) is 14.0. The van der Waals surface area contributed by atoms with Crippen molar-refractivity contribution in [3.05, 3.63) is 42.5 Å². The highest BCUT2D eigenvalue weighted by atomic mass is 16.5. The highest BCUT2D eigenvalue weighted by Gasteiger charge is 2.13. The van der Waals surface area contributed by atoms with Crippen LogP contribution in [0.1, 0.15) is 6.92 Å². The summed E-state index contributed by atoms with van der Waals surface area (Å²) in [7, 11) is 3.14. The van der Waals surface area contributed by atoms with Gasteiger partial charge < -0.3 is 18.7 Å². The number of methoxy groups -OCH3 is 2. The number of ether oxygens (including phenoxy) is 3. The molecule has 1 aromatic heterocycles. The third-order valence-corrected chi connectivity index (χ3v) is 3.43. The molecule has 0 bridgehead atoms. The Kier molecular flexibility index (Phi) is 4.65. The molecule has 0 atom stereocenters. The van der Waals surface area contributed by atoms with E-state index >= 15 is 0 Å². The minimum Gasteiger partial charge on any atom is -0.493 e. The van der Waals surface area contributed by atoms with Crippen LogP contribution in [0, 0.1) is 0 Å². The summed E-state index contributed by atoms with van der Waals surface area (Å²) in [6.45, 7) is 1.35. The van der Waals surface area contributed by atoms with Gasteiger partial charge in [-0.15, -0.1) is 0 Å². The fourth-order valence-corrected chi connectivity index (χ4v) is 2.26. The van der Waals surface area contributed by atoms with E-state index in [0.717, 1.165) is 11.1 Å². The van der Waals surface area contributed by atoms with Gasteiger partial charge in [-0.05, 0) is 42.5 Å². The van der Waals surface area contributed by atoms with E-state index in [-0.39, 0.29) is 5.97 Å². The topological polar surface area (TPSA) is 83.7 Å². The van der Waals surface area contributed by atoms with Crippen molar-refractivity contribution < 1.29 is 23.5 Å². The fourth-order valence-electron chi connectivity index (χ4n) is 2.26. The van der Waals surface area contributed by atoms with Crippen molar-refractivity contribution in [3.63, 3.8) is 0 Å². The molecule has 0 aliphatic rings. The van der Waals surface area contributed by atoms with Gasteiger partial charge in [0.15, 0.2) is 11.5 Å². The second-order valence-electron chi connectivity index (χ2n) is 5.11. The number of esters is 1. The van der Waals surface area contributed by atoms with Crippen molar-refractivity contribution in [3.8, 4) is 40.1 Å². The monoisotopic (exact) mass is 340 g/mol. The van der Waals surface area contributed by atoms with E-state index < -0.39 is 0 Å². The van der Waals surface area contributed by atoms with E-state index in [0.29, 0.717) is 29.0 Å². The number of rotatable bonds is 5. The second kappa shape index (κ2) is 7.04. The van der Waals surface area contributed by atoms with Crippen LogP contribution in [-0.2, 0) is 4.79 Å². The number of aromatic nitrogens is 2. The van der Waals surface area contributed by atoms with Crippen LogP contribution in [0.2, 0.25) is 0 Å². The summed E-state index contributed by atoms with van der Waals surface area (Å²) in [6, 6.07) is 12.2. The van der Waals surface area contributed by atoms with E-state index in [1.165, 1.54) is 6.92 Å². The zero-order chi connectivity index (χ0) is 17.8. The number of benzene rings is 2. The van der Waals surface area contributed by atoms with E-state index in [1.807, 2.05) is 6.07 Å². The van der Waals surface area contributed by atoms with Gasteiger partial charge in [-0.3, -0.25) is 4.79 Å². The maximum atomic E-state index is 10.9. The molecule has 7 heteroatoms. The second-order valence-corrected chi connectivity index (χ2v) is 5.11. The van der Waals surface area contributed by atoms with Crippen LogP contribution in [0.25, 0.3) is 22.8 Å². The number of nitrogens with zero attached hydrogens (tertiary/aromatic N) is 2. The molecule has 25 heavy (non-hydrogen) atoms. The first-order chi connectivity index (χ1) is 12.1. The molecule has 0 spiro atoms. The van der Waals surface area contributed by atoms with Crippen molar-refractivity contribution in [1.82, 2.24) is 10.1 Å². The Hall–Kier alpha value is -3.35. The highest BCUT2D eigenvalue weighted by molar-refractivity contribution is 5.70. The number of carbonyl (C=O) groups excluding carboxylic acids is 1. The molecule has 0 unspecified atom stereocenters. The fraction of sp³-hybridized carbons (Fsp3) is 0.167. The quantitative estimate of drug-likeness (QED) is 0.520. The van der Waals surface area contributed by atoms with Gasteiger partial charge in [-0.25, -0.2) is 0 Å². The van der Waals surface area contributed by atoms with Crippen molar-refractivity contribution in [2.45, 2.75) is 6.92 Å². The van der Waals surface area contributed by atoms with Crippen LogP contribution in [0.5, 0.6) is 17.2 Å². The Balaban J connectivity index is 1.86. The molecule has 3 aromatic rings. The molecule has 0 amide bonds. The van der Waals surface area contributed by atoms with Gasteiger partial charge in [0.1, 0.15) is 5.75 Å². The van der Waals surface area contributed by atoms with E-state index in [2.05, 4.69) is 10.1 Å². The van der Waals surface area contributed by atoms with Crippen molar-refractivity contribution in [2.24, 2.45) is 0 Å². The van der Waals surface area contributed by atoms with Crippen LogP contribution in [-0.4, -0.2) is 30.3 Å². The Morgan fingerprint density at radius 1 is 0.960 bits per heavy atom. The maximum Gasteiger partial charge on any atom is 0.308 e. The lowest BCUT2D eigenvalue weighted by Gasteiger charge is -2.07. The zero-order valence-corrected chi connectivity index (χ0v) is 14.0. The molecule has 0 aliphatic carbocycles. The van der Waals surface area contributed by atoms with Gasteiger partial charge in [-0.2, -0.15) is 4.98 Å². The first kappa shape index (κ1) is 16.5. The molecular formula is C18H16N2O5. The Labute approximate surface area is 144 Å². The average molecular weight is 340 g/mol. The molecule has 0 aliphatic heterocycles. The highest BCUT2D eigenvalue weighted by Crippen LogP contribution is 2.32. The molecule has 0 radical (unpaired) electrons. The van der Waals surface area contributed by atoms with Gasteiger partial charge >= 0.3 is 5.97 Å². The van der Waals surface area contributed by atoms with Crippen LogP contribution in [0.3, 0.4) is 0 Å². The summed E-state index contributed by atoms with van der Waals surface area (Å²) in [6.07, 6.45) is 0. The molecular weight excluding hydrogens is 324 g/mol. The molecule has 7 nitrogen and oxygen atoms in total. The van der Waals surface area contributed by atoms with Crippen LogP contribution >= 0.6 is 0 Å². The lowest BCUT2D eigenvalue weighted by Crippen LogP contribution is -2.00. The first-order valence-corrected chi connectivity index (χ1v) is 7.45. The minimum atomic E-state index is -0.374. The normalized spacial score (nSPS) is 10.4. The number of hydrogen-bond donors (Lipinski definition) is 0. The predicted octanol–water partition coefficient (Wildman–Crippen LogP) is 3.35. The Bertz CT molecular complexity index is 887. The Morgan fingerprint density at radius 3 is 2.28 bits per heavy atom. The summed E-state index contributed by atoms with van der Waals surface area (Å²) < 4.78 is 20.8. The Morgan fingerprint density at radius 2 is 1.64 bits per heavy atom. The lowest BCUT2D eigenvalue weighted by atomic mass is 10.2. The van der Waals surface area contributed by atoms with Crippen molar-refractivity contribution in [1.29, 1.82) is 0 Å². The van der Waals surface area contributed by atoms with Crippen LogP contribution < -0.4 is 14.2 Å². The van der Waals surface area contributed by atoms with Crippen molar-refractivity contribution in [2.75, 3.05) is 14.2 Å². The molecule has 0 N–H and O–H groups in total. The predicted molar refractivity (Wildman–Crippen MR) is 89.6 cm³/mol. The molecule has 1 heterocycles. The summed E-state index contributed by atoms with van der Waals surface area (Å²) in [5, 5.41) is 4.00. The largest absolute Gasteiger partial charge is 0.493 e. The SMILES string of the molecule is COc1ccc(-c2noc(-c3ccc(OC(C)=O)cc3)n2)cc1OC. The summed E-state index contributed by atoms with van der Waals surface area (Å²) in [4.78, 5) is 15.3. The molecule has 0 saturated carbocycles. The molecule has 128 valence electrons. The summed E-state index contributed by atoms with van der Waals surface area (Å²) in [5.41, 5.74) is 1.46. The molecule has 2 aromatic carbocycles. The summed E-state index contributed by atoms with van der Waals surface area (Å²) >= 11 is 0. The summed E-state index contributed by atoms with van der Waals surface area (Å²) in [5.74, 6) is 2.07. The first-order valence-electron chi connectivity index (χ1n) is 7.45. The standard InChI is InChI=1S/C18H16N2O5/c1-11(21)24-14-7-4-12(5-8-14)18-19-17(20-25-18)13-6-9-15(22-2)16(10-13)23-3/h4-10H,1-3H3.